The van der Waals surface area contributed by atoms with E-state index < -0.39 is 21.2 Å². The summed E-state index contributed by atoms with van der Waals surface area (Å²) in [6.07, 6.45) is 2.79. The van der Waals surface area contributed by atoms with Crippen LogP contribution in [0.4, 0.5) is 0 Å². The van der Waals surface area contributed by atoms with Crippen LogP contribution < -0.4 is 0 Å². The quantitative estimate of drug-likeness (QED) is 0.690. The number of nitrogens with zero attached hydrogens (tertiary/aromatic N) is 1. The molecule has 1 saturated heterocycles. The largest absolute Gasteiger partial charge is 0.465 e. The van der Waals surface area contributed by atoms with E-state index in [1.54, 1.807) is 6.92 Å². The van der Waals surface area contributed by atoms with Crippen LogP contribution in [-0.4, -0.2) is 43.6 Å². The van der Waals surface area contributed by atoms with Gasteiger partial charge in [-0.25, -0.2) is 12.7 Å². The normalized spacial score (nSPS) is 20.4. The third-order valence-electron chi connectivity index (χ3n) is 2.74. The van der Waals surface area contributed by atoms with Gasteiger partial charge in [-0.05, 0) is 26.7 Å². The summed E-state index contributed by atoms with van der Waals surface area (Å²) in [4.78, 5) is 11.4. The van der Waals surface area contributed by atoms with Gasteiger partial charge in [-0.3, -0.25) is 4.79 Å². The van der Waals surface area contributed by atoms with E-state index in [1.807, 2.05) is 0 Å². The topological polar surface area (TPSA) is 63.7 Å². The molecule has 1 heterocycles. The highest BCUT2D eigenvalue weighted by Crippen LogP contribution is 2.17. The maximum Gasteiger partial charge on any atom is 0.325 e. The van der Waals surface area contributed by atoms with Crippen LogP contribution in [0, 0.1) is 0 Å². The van der Waals surface area contributed by atoms with Gasteiger partial charge in [0.25, 0.3) is 0 Å². The predicted octanol–water partition coefficient (Wildman–Crippen LogP) is 0.754. The zero-order valence-corrected chi connectivity index (χ0v) is 10.6. The van der Waals surface area contributed by atoms with Crippen LogP contribution in [0.1, 0.15) is 33.1 Å². The molecule has 0 radical (unpaired) electrons. The second-order valence-corrected chi connectivity index (χ2v) is 6.15. The minimum absolute atomic E-state index is 0.207. The molecule has 1 aliphatic heterocycles. The molecule has 0 spiro atoms. The molecule has 0 N–H and O–H groups in total. The number of esters is 1. The molecule has 0 amide bonds. The smallest absolute Gasteiger partial charge is 0.325 e. The summed E-state index contributed by atoms with van der Waals surface area (Å²) in [7, 11) is -3.52. The Morgan fingerprint density at radius 1 is 1.31 bits per heavy atom. The maximum absolute atomic E-state index is 12.0. The summed E-state index contributed by atoms with van der Waals surface area (Å²) in [5.74, 6) is -0.659. The van der Waals surface area contributed by atoms with Crippen molar-refractivity contribution in [3.8, 4) is 0 Å². The Morgan fingerprint density at radius 2 is 1.88 bits per heavy atom. The summed E-state index contributed by atoms with van der Waals surface area (Å²) in [6.45, 7) is 4.30. The number of hydrogen-bond acceptors (Lipinski definition) is 4. The van der Waals surface area contributed by atoms with E-state index in [-0.39, 0.29) is 6.61 Å². The van der Waals surface area contributed by atoms with Crippen molar-refractivity contribution in [3.05, 3.63) is 0 Å². The van der Waals surface area contributed by atoms with E-state index in [9.17, 15) is 13.2 Å². The Bertz CT molecular complexity index is 333. The standard InChI is InChI=1S/C10H19NO4S/c1-3-15-10(12)9(2)16(13,14)11-7-5-4-6-8-11/h9H,3-8H2,1-2H3. The lowest BCUT2D eigenvalue weighted by Crippen LogP contribution is -2.44. The number of ether oxygens (including phenoxy) is 1. The molecule has 1 unspecified atom stereocenters. The van der Waals surface area contributed by atoms with Crippen molar-refractivity contribution in [1.82, 2.24) is 4.31 Å². The van der Waals surface area contributed by atoms with E-state index in [1.165, 1.54) is 11.2 Å². The van der Waals surface area contributed by atoms with Gasteiger partial charge in [0.05, 0.1) is 6.61 Å². The lowest BCUT2D eigenvalue weighted by molar-refractivity contribution is -0.142. The fourth-order valence-electron chi connectivity index (χ4n) is 1.72. The van der Waals surface area contributed by atoms with Crippen LogP contribution in [0.5, 0.6) is 0 Å². The molecule has 16 heavy (non-hydrogen) atoms. The highest BCUT2D eigenvalue weighted by Gasteiger charge is 2.35. The molecule has 1 rings (SSSR count). The number of carbonyl (C=O) groups is 1. The molecule has 0 bridgehead atoms. The third kappa shape index (κ3) is 2.95. The Labute approximate surface area is 96.8 Å². The minimum atomic E-state index is -3.52. The molecule has 0 saturated carbocycles. The first-order chi connectivity index (χ1) is 7.50. The van der Waals surface area contributed by atoms with Gasteiger partial charge in [0.2, 0.25) is 10.0 Å². The molecule has 5 nitrogen and oxygen atoms in total. The van der Waals surface area contributed by atoms with Crippen LogP contribution >= 0.6 is 0 Å². The number of piperidine rings is 1. The molecule has 0 aromatic rings. The molecular weight excluding hydrogens is 230 g/mol. The number of hydrogen-bond donors (Lipinski definition) is 0. The van der Waals surface area contributed by atoms with Crippen molar-refractivity contribution in [2.24, 2.45) is 0 Å². The molecular formula is C10H19NO4S. The SMILES string of the molecule is CCOC(=O)C(C)S(=O)(=O)N1CCCCC1. The zero-order chi connectivity index (χ0) is 12.2. The molecule has 1 aliphatic rings. The second-order valence-electron chi connectivity index (χ2n) is 3.90. The second kappa shape index (κ2) is 5.63. The predicted molar refractivity (Wildman–Crippen MR) is 60.4 cm³/mol. The van der Waals surface area contributed by atoms with Crippen LogP contribution in [0.25, 0.3) is 0 Å². The highest BCUT2D eigenvalue weighted by atomic mass is 32.2. The number of sulfonamides is 1. The molecule has 1 fully saturated rings. The first-order valence-corrected chi connectivity index (χ1v) is 7.16. The lowest BCUT2D eigenvalue weighted by Gasteiger charge is -2.27. The van der Waals surface area contributed by atoms with Crippen molar-refractivity contribution < 1.29 is 17.9 Å². The Kier molecular flexibility index (Phi) is 4.73. The van der Waals surface area contributed by atoms with Crippen LogP contribution in [0.15, 0.2) is 0 Å². The number of carbonyl (C=O) groups excluding carboxylic acids is 1. The average Bonchev–Trinajstić information content (AvgIpc) is 2.29. The van der Waals surface area contributed by atoms with E-state index in [2.05, 4.69) is 0 Å². The van der Waals surface area contributed by atoms with E-state index in [0.717, 1.165) is 19.3 Å². The highest BCUT2D eigenvalue weighted by molar-refractivity contribution is 7.90. The number of rotatable bonds is 4. The van der Waals surface area contributed by atoms with Gasteiger partial charge in [0, 0.05) is 13.1 Å². The van der Waals surface area contributed by atoms with E-state index in [0.29, 0.717) is 13.1 Å². The van der Waals surface area contributed by atoms with Gasteiger partial charge in [-0.15, -0.1) is 0 Å². The fraction of sp³-hybridized carbons (Fsp3) is 0.900. The van der Waals surface area contributed by atoms with Crippen molar-refractivity contribution in [3.63, 3.8) is 0 Å². The zero-order valence-electron chi connectivity index (χ0n) is 9.81. The van der Waals surface area contributed by atoms with Crippen molar-refractivity contribution in [2.45, 2.75) is 38.4 Å². The minimum Gasteiger partial charge on any atom is -0.465 e. The summed E-state index contributed by atoms with van der Waals surface area (Å²) in [6, 6.07) is 0. The molecule has 0 aromatic heterocycles. The Balaban J connectivity index is 2.71. The summed E-state index contributed by atoms with van der Waals surface area (Å²) in [5.41, 5.74) is 0. The van der Waals surface area contributed by atoms with E-state index >= 15 is 0 Å². The summed E-state index contributed by atoms with van der Waals surface area (Å²) < 4.78 is 30.2. The summed E-state index contributed by atoms with van der Waals surface area (Å²) in [5, 5.41) is -1.09. The fourth-order valence-corrected chi connectivity index (χ4v) is 3.25. The van der Waals surface area contributed by atoms with Crippen molar-refractivity contribution in [2.75, 3.05) is 19.7 Å². The monoisotopic (exact) mass is 249 g/mol. The van der Waals surface area contributed by atoms with Gasteiger partial charge >= 0.3 is 5.97 Å². The molecule has 1 atom stereocenters. The summed E-state index contributed by atoms with van der Waals surface area (Å²) >= 11 is 0. The van der Waals surface area contributed by atoms with E-state index in [4.69, 9.17) is 4.74 Å². The van der Waals surface area contributed by atoms with Gasteiger partial charge < -0.3 is 4.74 Å². The van der Waals surface area contributed by atoms with Crippen LogP contribution in [-0.2, 0) is 19.6 Å². The van der Waals surface area contributed by atoms with Gasteiger partial charge in [0.15, 0.2) is 5.25 Å². The Morgan fingerprint density at radius 3 is 2.38 bits per heavy atom. The van der Waals surface area contributed by atoms with Crippen molar-refractivity contribution >= 4 is 16.0 Å². The first-order valence-electron chi connectivity index (χ1n) is 5.65. The molecule has 94 valence electrons. The van der Waals surface area contributed by atoms with Gasteiger partial charge in [0.1, 0.15) is 0 Å². The molecule has 6 heteroatoms. The third-order valence-corrected chi connectivity index (χ3v) is 4.91. The Hall–Kier alpha value is -0.620. The first kappa shape index (κ1) is 13.4. The lowest BCUT2D eigenvalue weighted by atomic mass is 10.2. The average molecular weight is 249 g/mol. The molecule has 0 aromatic carbocycles. The molecule has 0 aliphatic carbocycles. The van der Waals surface area contributed by atoms with Gasteiger partial charge in [-0.1, -0.05) is 6.42 Å². The maximum atomic E-state index is 12.0. The van der Waals surface area contributed by atoms with Crippen LogP contribution in [0.2, 0.25) is 0 Å². The van der Waals surface area contributed by atoms with Crippen molar-refractivity contribution in [1.29, 1.82) is 0 Å². The van der Waals surface area contributed by atoms with Crippen LogP contribution in [0.3, 0.4) is 0 Å². The van der Waals surface area contributed by atoms with Gasteiger partial charge in [-0.2, -0.15) is 0 Å².